The van der Waals surface area contributed by atoms with Crippen molar-refractivity contribution in [3.63, 3.8) is 0 Å². The number of phenols is 1. The van der Waals surface area contributed by atoms with Gasteiger partial charge in [-0.05, 0) is 6.07 Å². The summed E-state index contributed by atoms with van der Waals surface area (Å²) in [5.41, 5.74) is 5.16. The molecular weight excluding hydrogens is 197 g/mol. The lowest BCUT2D eigenvalue weighted by Gasteiger charge is -2.03. The van der Waals surface area contributed by atoms with Crippen LogP contribution in [0.5, 0.6) is 5.75 Å². The molecule has 0 aliphatic heterocycles. The van der Waals surface area contributed by atoms with Crippen molar-refractivity contribution < 1.29 is 14.3 Å². The second-order valence-electron chi connectivity index (χ2n) is 2.46. The molecule has 0 saturated heterocycles. The highest BCUT2D eigenvalue weighted by Crippen LogP contribution is 2.24. The number of hydrogen-bond acceptors (Lipinski definition) is 3. The number of aromatic hydroxyl groups is 1. The zero-order chi connectivity index (χ0) is 10.0. The van der Waals surface area contributed by atoms with E-state index in [0.29, 0.717) is 0 Å². The predicted octanol–water partition coefficient (Wildman–Crippen LogP) is 1.53. The van der Waals surface area contributed by atoms with E-state index in [1.807, 2.05) is 0 Å². The van der Waals surface area contributed by atoms with Crippen LogP contribution >= 0.6 is 11.6 Å². The second-order valence-corrected chi connectivity index (χ2v) is 2.72. The summed E-state index contributed by atoms with van der Waals surface area (Å²) < 4.78 is 12.8. The van der Waals surface area contributed by atoms with Crippen LogP contribution in [-0.4, -0.2) is 16.8 Å². The highest BCUT2D eigenvalue weighted by molar-refractivity contribution is 6.30. The molecule has 0 aromatic heterocycles. The molecule has 70 valence electrons. The Kier molecular flexibility index (Phi) is 2.72. The number of anilines is 1. The summed E-state index contributed by atoms with van der Waals surface area (Å²) in [5.74, 6) is -2.52. The molecule has 1 rings (SSSR count). The first kappa shape index (κ1) is 9.80. The van der Waals surface area contributed by atoms with Gasteiger partial charge in [0, 0.05) is 11.8 Å². The largest absolute Gasteiger partial charge is 0.504 e. The van der Waals surface area contributed by atoms with Gasteiger partial charge in [-0.2, -0.15) is 0 Å². The minimum absolute atomic E-state index is 0.0729. The lowest BCUT2D eigenvalue weighted by atomic mass is 10.1. The molecule has 0 bridgehead atoms. The van der Waals surface area contributed by atoms with Crippen molar-refractivity contribution in [2.24, 2.45) is 0 Å². The summed E-state index contributed by atoms with van der Waals surface area (Å²) in [5, 5.41) is 9.11. The van der Waals surface area contributed by atoms with Crippen molar-refractivity contribution in [3.05, 3.63) is 23.5 Å². The number of rotatable bonds is 2. The highest BCUT2D eigenvalue weighted by atomic mass is 35.5. The van der Waals surface area contributed by atoms with Gasteiger partial charge in [0.15, 0.2) is 17.3 Å². The number of carbonyl (C=O) groups excluding carboxylic acids is 1. The molecule has 0 atom stereocenters. The molecule has 0 heterocycles. The van der Waals surface area contributed by atoms with Crippen LogP contribution in [0.3, 0.4) is 0 Å². The van der Waals surface area contributed by atoms with Gasteiger partial charge in [0.05, 0.1) is 11.4 Å². The van der Waals surface area contributed by atoms with Crippen molar-refractivity contribution in [1.82, 2.24) is 0 Å². The van der Waals surface area contributed by atoms with E-state index in [1.54, 1.807) is 0 Å². The number of phenolic OH excluding ortho intramolecular Hbond substituents is 1. The van der Waals surface area contributed by atoms with E-state index in [2.05, 4.69) is 0 Å². The van der Waals surface area contributed by atoms with Crippen LogP contribution in [0, 0.1) is 5.82 Å². The molecule has 5 heteroatoms. The van der Waals surface area contributed by atoms with Crippen LogP contribution in [-0.2, 0) is 0 Å². The Morgan fingerprint density at radius 2 is 2.23 bits per heavy atom. The van der Waals surface area contributed by atoms with E-state index in [-0.39, 0.29) is 17.1 Å². The third kappa shape index (κ3) is 1.89. The number of carbonyl (C=O) groups is 1. The zero-order valence-corrected chi connectivity index (χ0v) is 7.31. The van der Waals surface area contributed by atoms with Gasteiger partial charge >= 0.3 is 0 Å². The van der Waals surface area contributed by atoms with Gasteiger partial charge in [-0.1, -0.05) is 0 Å². The highest BCUT2D eigenvalue weighted by Gasteiger charge is 2.14. The molecule has 0 unspecified atom stereocenters. The van der Waals surface area contributed by atoms with Gasteiger partial charge in [-0.25, -0.2) is 4.39 Å². The summed E-state index contributed by atoms with van der Waals surface area (Å²) in [7, 11) is 0. The first-order valence-electron chi connectivity index (χ1n) is 3.43. The number of alkyl halides is 1. The quantitative estimate of drug-likeness (QED) is 0.332. The van der Waals surface area contributed by atoms with E-state index in [4.69, 9.17) is 22.4 Å². The first-order chi connectivity index (χ1) is 6.06. The normalized spacial score (nSPS) is 10.0. The summed E-state index contributed by atoms with van der Waals surface area (Å²) >= 11 is 5.24. The summed E-state index contributed by atoms with van der Waals surface area (Å²) in [6, 6.07) is 2.11. The molecule has 13 heavy (non-hydrogen) atoms. The topological polar surface area (TPSA) is 63.3 Å². The van der Waals surface area contributed by atoms with Crippen molar-refractivity contribution in [1.29, 1.82) is 0 Å². The van der Waals surface area contributed by atoms with Gasteiger partial charge < -0.3 is 10.8 Å². The number of hydrogen-bond donors (Lipinski definition) is 2. The van der Waals surface area contributed by atoms with Crippen LogP contribution < -0.4 is 5.73 Å². The van der Waals surface area contributed by atoms with E-state index < -0.39 is 17.3 Å². The smallest absolute Gasteiger partial charge is 0.181 e. The molecule has 0 amide bonds. The van der Waals surface area contributed by atoms with Gasteiger partial charge in [-0.3, -0.25) is 4.79 Å². The molecule has 0 radical (unpaired) electrons. The van der Waals surface area contributed by atoms with Crippen LogP contribution in [0.4, 0.5) is 10.1 Å². The van der Waals surface area contributed by atoms with Gasteiger partial charge in [0.2, 0.25) is 0 Å². The summed E-state index contributed by atoms with van der Waals surface area (Å²) in [6.45, 7) is 0. The zero-order valence-electron chi connectivity index (χ0n) is 6.55. The lowest BCUT2D eigenvalue weighted by Crippen LogP contribution is -2.03. The molecule has 0 fully saturated rings. The maximum Gasteiger partial charge on any atom is 0.181 e. The number of benzene rings is 1. The van der Waals surface area contributed by atoms with Crippen molar-refractivity contribution in [3.8, 4) is 5.75 Å². The van der Waals surface area contributed by atoms with Crippen LogP contribution in [0.1, 0.15) is 10.4 Å². The first-order valence-corrected chi connectivity index (χ1v) is 3.97. The second kappa shape index (κ2) is 3.62. The average Bonchev–Trinajstić information content (AvgIpc) is 2.10. The van der Waals surface area contributed by atoms with Gasteiger partial charge in [-0.15, -0.1) is 11.6 Å². The standard InChI is InChI=1S/C8H7ClFNO2/c9-3-7(12)5-1-4(11)2-6(10)8(5)13/h1-2,13H,3,11H2. The molecule has 0 aliphatic carbocycles. The molecule has 3 N–H and O–H groups in total. The molecular formula is C8H7ClFNO2. The molecule has 0 aliphatic rings. The monoisotopic (exact) mass is 203 g/mol. The Labute approximate surface area is 78.9 Å². The van der Waals surface area contributed by atoms with Crippen molar-refractivity contribution in [2.75, 3.05) is 11.6 Å². The molecule has 3 nitrogen and oxygen atoms in total. The minimum atomic E-state index is -0.923. The number of nitrogens with two attached hydrogens (primary N) is 1. The van der Waals surface area contributed by atoms with Crippen molar-refractivity contribution >= 4 is 23.1 Å². The van der Waals surface area contributed by atoms with Gasteiger partial charge in [0.1, 0.15) is 0 Å². The number of ketones is 1. The minimum Gasteiger partial charge on any atom is -0.504 e. The molecule has 0 spiro atoms. The van der Waals surface area contributed by atoms with Gasteiger partial charge in [0.25, 0.3) is 0 Å². The Hall–Kier alpha value is -1.29. The van der Waals surface area contributed by atoms with E-state index in [1.165, 1.54) is 6.07 Å². The summed E-state index contributed by atoms with van der Waals surface area (Å²) in [4.78, 5) is 11.0. The number of nitrogen functional groups attached to an aromatic ring is 1. The van der Waals surface area contributed by atoms with E-state index in [0.717, 1.165) is 6.07 Å². The SMILES string of the molecule is Nc1cc(F)c(O)c(C(=O)CCl)c1. The van der Waals surface area contributed by atoms with E-state index in [9.17, 15) is 9.18 Å². The fourth-order valence-corrected chi connectivity index (χ4v) is 1.05. The Morgan fingerprint density at radius 3 is 2.77 bits per heavy atom. The predicted molar refractivity (Wildman–Crippen MR) is 47.5 cm³/mol. The fourth-order valence-electron chi connectivity index (χ4n) is 0.905. The van der Waals surface area contributed by atoms with Crippen LogP contribution in [0.2, 0.25) is 0 Å². The van der Waals surface area contributed by atoms with Crippen molar-refractivity contribution in [2.45, 2.75) is 0 Å². The molecule has 0 saturated carbocycles. The number of halogens is 2. The third-order valence-corrected chi connectivity index (χ3v) is 1.75. The summed E-state index contributed by atoms with van der Waals surface area (Å²) in [6.07, 6.45) is 0. The third-order valence-electron chi connectivity index (χ3n) is 1.51. The maximum atomic E-state index is 12.8. The molecule has 1 aromatic carbocycles. The van der Waals surface area contributed by atoms with Crippen LogP contribution in [0.15, 0.2) is 12.1 Å². The Morgan fingerprint density at radius 1 is 1.62 bits per heavy atom. The number of Topliss-reactive ketones (excluding diaryl/α,β-unsaturated/α-hetero) is 1. The molecule has 1 aromatic rings. The Balaban J connectivity index is 3.28. The lowest BCUT2D eigenvalue weighted by molar-refractivity contribution is 0.101. The van der Waals surface area contributed by atoms with E-state index >= 15 is 0 Å². The van der Waals surface area contributed by atoms with Crippen LogP contribution in [0.25, 0.3) is 0 Å². The maximum absolute atomic E-state index is 12.8. The Bertz CT molecular complexity index is 354. The fraction of sp³-hybridized carbons (Fsp3) is 0.125. The average molecular weight is 204 g/mol.